The molecule has 0 amide bonds. The largest absolute Gasteiger partial charge is 0.359 e. The lowest BCUT2D eigenvalue weighted by molar-refractivity contribution is -0.104. The monoisotopic (exact) mass is 274 g/mol. The minimum atomic E-state index is -0.395. The van der Waals surface area contributed by atoms with Crippen molar-refractivity contribution in [1.82, 2.24) is 19.9 Å². The Kier molecular flexibility index (Phi) is 2.83. The molecule has 1 aliphatic heterocycles. The highest BCUT2D eigenvalue weighted by molar-refractivity contribution is 6.25. The number of likely N-dealkylation sites (N-methyl/N-ethyl adjacent to an activating group) is 1. The molecule has 1 aromatic heterocycles. The molecule has 2 aromatic rings. The van der Waals surface area contributed by atoms with Gasteiger partial charge in [-0.1, -0.05) is 28.9 Å². The normalized spacial score (nSPS) is 19.3. The van der Waals surface area contributed by atoms with E-state index in [1.165, 1.54) is 0 Å². The van der Waals surface area contributed by atoms with Crippen molar-refractivity contribution >= 4 is 34.6 Å². The van der Waals surface area contributed by atoms with E-state index < -0.39 is 5.50 Å². The summed E-state index contributed by atoms with van der Waals surface area (Å²) in [6.45, 7) is 0. The first-order chi connectivity index (χ1) is 9.20. The number of aromatic nitrogens is 3. The highest BCUT2D eigenvalue weighted by Crippen LogP contribution is 2.27. The average Bonchev–Trinajstić information content (AvgIpc) is 2.85. The van der Waals surface area contributed by atoms with E-state index in [2.05, 4.69) is 10.3 Å². The van der Waals surface area contributed by atoms with Crippen LogP contribution in [0.3, 0.4) is 0 Å². The van der Waals surface area contributed by atoms with Gasteiger partial charge in [0.2, 0.25) is 0 Å². The Morgan fingerprint density at radius 2 is 2.16 bits per heavy atom. The summed E-state index contributed by atoms with van der Waals surface area (Å²) < 4.78 is 1.67. The van der Waals surface area contributed by atoms with E-state index in [4.69, 9.17) is 11.6 Å². The fraction of sp³-hybridized carbons (Fsp3) is 0.154. The Bertz CT molecular complexity index is 703. The Labute approximate surface area is 114 Å². The molecule has 1 atom stereocenters. The van der Waals surface area contributed by atoms with E-state index in [1.54, 1.807) is 21.9 Å². The van der Waals surface area contributed by atoms with Gasteiger partial charge in [-0.3, -0.25) is 4.79 Å². The molecule has 2 heterocycles. The summed E-state index contributed by atoms with van der Waals surface area (Å²) in [5.74, 6) is 0. The number of rotatable bonds is 2. The molecule has 0 bridgehead atoms. The highest BCUT2D eigenvalue weighted by atomic mass is 35.5. The van der Waals surface area contributed by atoms with Crippen molar-refractivity contribution in [3.63, 3.8) is 0 Å². The first-order valence-electron chi connectivity index (χ1n) is 5.76. The van der Waals surface area contributed by atoms with Crippen molar-refractivity contribution in [1.29, 1.82) is 0 Å². The molecule has 0 N–H and O–H groups in total. The van der Waals surface area contributed by atoms with E-state index in [9.17, 15) is 4.79 Å². The lowest BCUT2D eigenvalue weighted by Gasteiger charge is -2.27. The van der Waals surface area contributed by atoms with E-state index in [0.29, 0.717) is 11.3 Å². The van der Waals surface area contributed by atoms with Gasteiger partial charge in [-0.15, -0.1) is 5.10 Å². The molecule has 0 saturated carbocycles. The summed E-state index contributed by atoms with van der Waals surface area (Å²) in [5, 5.41) is 8.21. The van der Waals surface area contributed by atoms with Gasteiger partial charge in [0.1, 0.15) is 11.0 Å². The second kappa shape index (κ2) is 4.51. The van der Waals surface area contributed by atoms with E-state index in [0.717, 1.165) is 17.3 Å². The van der Waals surface area contributed by atoms with E-state index >= 15 is 0 Å². The van der Waals surface area contributed by atoms with Crippen LogP contribution in [0.25, 0.3) is 16.7 Å². The van der Waals surface area contributed by atoms with Gasteiger partial charge in [-0.25, -0.2) is 4.68 Å². The number of benzene rings is 1. The van der Waals surface area contributed by atoms with E-state index in [1.807, 2.05) is 31.3 Å². The second-order valence-corrected chi connectivity index (χ2v) is 4.72. The Morgan fingerprint density at radius 1 is 1.37 bits per heavy atom. The quantitative estimate of drug-likeness (QED) is 0.477. The Hall–Kier alpha value is -2.14. The van der Waals surface area contributed by atoms with Crippen LogP contribution in [0.1, 0.15) is 0 Å². The third-order valence-corrected chi connectivity index (χ3v) is 3.53. The zero-order valence-electron chi connectivity index (χ0n) is 10.2. The molecule has 1 unspecified atom stereocenters. The fourth-order valence-electron chi connectivity index (χ4n) is 2.07. The molecule has 5 nitrogen and oxygen atoms in total. The molecule has 0 radical (unpaired) electrons. The molecule has 0 fully saturated rings. The summed E-state index contributed by atoms with van der Waals surface area (Å²) >= 11 is 6.36. The number of carbonyl (C=O) groups excluding carboxylic acids is 1. The minimum Gasteiger partial charge on any atom is -0.359 e. The van der Waals surface area contributed by atoms with Crippen LogP contribution in [-0.2, 0) is 4.79 Å². The molecule has 0 spiro atoms. The molecule has 19 heavy (non-hydrogen) atoms. The van der Waals surface area contributed by atoms with Crippen LogP contribution < -0.4 is 0 Å². The van der Waals surface area contributed by atoms with Crippen LogP contribution >= 0.6 is 11.6 Å². The molecule has 3 rings (SSSR count). The van der Waals surface area contributed by atoms with Gasteiger partial charge in [0.05, 0.1) is 11.2 Å². The van der Waals surface area contributed by atoms with Gasteiger partial charge in [0.25, 0.3) is 0 Å². The lowest BCUT2D eigenvalue weighted by atomic mass is 10.2. The molecule has 96 valence electrons. The Balaban J connectivity index is 2.17. The summed E-state index contributed by atoms with van der Waals surface area (Å²) in [6.07, 6.45) is 4.22. The van der Waals surface area contributed by atoms with Gasteiger partial charge in [-0.2, -0.15) is 0 Å². The molecular weight excluding hydrogens is 264 g/mol. The average molecular weight is 275 g/mol. The number of aldehydes is 1. The first kappa shape index (κ1) is 11.9. The number of fused-ring (bicyclic) bond motifs is 1. The second-order valence-electron chi connectivity index (χ2n) is 4.31. The molecule has 1 aromatic carbocycles. The number of halogens is 1. The van der Waals surface area contributed by atoms with Crippen LogP contribution in [-0.4, -0.2) is 38.7 Å². The maximum Gasteiger partial charge on any atom is 0.151 e. The van der Waals surface area contributed by atoms with Crippen LogP contribution in [0, 0.1) is 0 Å². The zero-order valence-corrected chi connectivity index (χ0v) is 10.9. The van der Waals surface area contributed by atoms with Crippen LogP contribution in [0.2, 0.25) is 0 Å². The van der Waals surface area contributed by atoms with Gasteiger partial charge in [0, 0.05) is 18.8 Å². The van der Waals surface area contributed by atoms with Crippen molar-refractivity contribution in [2.45, 2.75) is 5.50 Å². The molecule has 1 aliphatic rings. The standard InChI is InChI=1S/C13H11ClN4O/c1-17-7-9(8-19)6-12(13(17)14)18-11-5-3-2-4-10(11)15-16-18/h2-8,13H,1H3. The van der Waals surface area contributed by atoms with Crippen LogP contribution in [0.15, 0.2) is 42.1 Å². The molecule has 0 saturated heterocycles. The highest BCUT2D eigenvalue weighted by Gasteiger charge is 2.23. The molecule has 6 heteroatoms. The number of hydrogen-bond acceptors (Lipinski definition) is 4. The number of alkyl halides is 1. The number of hydrogen-bond donors (Lipinski definition) is 0. The van der Waals surface area contributed by atoms with Gasteiger partial charge >= 0.3 is 0 Å². The maximum atomic E-state index is 11.0. The molecular formula is C13H11ClN4O. The maximum absolute atomic E-state index is 11.0. The first-order valence-corrected chi connectivity index (χ1v) is 6.20. The van der Waals surface area contributed by atoms with Crippen LogP contribution in [0.4, 0.5) is 0 Å². The van der Waals surface area contributed by atoms with Crippen molar-refractivity contribution in [3.05, 3.63) is 42.1 Å². The van der Waals surface area contributed by atoms with Crippen molar-refractivity contribution in [2.75, 3.05) is 7.05 Å². The van der Waals surface area contributed by atoms with Gasteiger partial charge in [-0.05, 0) is 18.2 Å². The van der Waals surface area contributed by atoms with E-state index in [-0.39, 0.29) is 0 Å². The van der Waals surface area contributed by atoms with Crippen molar-refractivity contribution in [2.24, 2.45) is 0 Å². The predicted octanol–water partition coefficient (Wildman–Crippen LogP) is 1.87. The third kappa shape index (κ3) is 1.92. The van der Waals surface area contributed by atoms with Gasteiger partial charge < -0.3 is 4.90 Å². The van der Waals surface area contributed by atoms with Crippen molar-refractivity contribution < 1.29 is 4.79 Å². The fourth-order valence-corrected chi connectivity index (χ4v) is 2.28. The van der Waals surface area contributed by atoms with Crippen LogP contribution in [0.5, 0.6) is 0 Å². The number of allylic oxidation sites excluding steroid dienone is 2. The van der Waals surface area contributed by atoms with Crippen molar-refractivity contribution in [3.8, 4) is 0 Å². The third-order valence-electron chi connectivity index (χ3n) is 3.00. The number of carbonyl (C=O) groups is 1. The minimum absolute atomic E-state index is 0.395. The lowest BCUT2D eigenvalue weighted by Crippen LogP contribution is -2.29. The van der Waals surface area contributed by atoms with Gasteiger partial charge in [0.15, 0.2) is 6.29 Å². The summed E-state index contributed by atoms with van der Waals surface area (Å²) in [6, 6.07) is 7.61. The smallest absolute Gasteiger partial charge is 0.151 e. The number of para-hydroxylation sites is 1. The summed E-state index contributed by atoms with van der Waals surface area (Å²) in [4.78, 5) is 12.7. The predicted molar refractivity (Wildman–Crippen MR) is 73.4 cm³/mol. The number of nitrogens with zero attached hydrogens (tertiary/aromatic N) is 4. The SMILES string of the molecule is CN1C=C(C=O)C=C(n2nnc3ccccc32)C1Cl. The topological polar surface area (TPSA) is 51.0 Å². The summed E-state index contributed by atoms with van der Waals surface area (Å²) in [7, 11) is 1.81. The molecule has 0 aliphatic carbocycles. The zero-order chi connectivity index (χ0) is 13.4. The summed E-state index contributed by atoms with van der Waals surface area (Å²) in [5.41, 5.74) is 2.52. The Morgan fingerprint density at radius 3 is 2.95 bits per heavy atom.